The Kier molecular flexibility index (Phi) is 4.51. The fourth-order valence-corrected chi connectivity index (χ4v) is 4.19. The predicted molar refractivity (Wildman–Crippen MR) is 119 cm³/mol. The molecule has 29 heavy (non-hydrogen) atoms. The lowest BCUT2D eigenvalue weighted by atomic mass is 10.1. The summed E-state index contributed by atoms with van der Waals surface area (Å²) in [5.74, 6) is 0.782. The Labute approximate surface area is 171 Å². The summed E-state index contributed by atoms with van der Waals surface area (Å²) in [6.07, 6.45) is 7.63. The molecule has 1 fully saturated rings. The van der Waals surface area contributed by atoms with Crippen LogP contribution in [0, 0.1) is 5.92 Å². The van der Waals surface area contributed by atoms with Gasteiger partial charge in [0.1, 0.15) is 11.3 Å². The summed E-state index contributed by atoms with van der Waals surface area (Å²) in [7, 11) is 1.74. The number of hydrogen-bond acceptors (Lipinski definition) is 2. The Bertz CT molecular complexity index is 1210. The van der Waals surface area contributed by atoms with Crippen molar-refractivity contribution in [2.45, 2.75) is 39.3 Å². The number of nitrogens with zero attached hydrogens (tertiary/aromatic N) is 3. The molecule has 0 amide bonds. The second kappa shape index (κ2) is 7.20. The van der Waals surface area contributed by atoms with Crippen LogP contribution < -0.4 is 0 Å². The van der Waals surface area contributed by atoms with Gasteiger partial charge < -0.3 is 13.7 Å². The maximum Gasteiger partial charge on any atom is 0.138 e. The molecule has 0 N–H and O–H groups in total. The van der Waals surface area contributed by atoms with E-state index in [1.54, 1.807) is 7.11 Å². The van der Waals surface area contributed by atoms with Crippen molar-refractivity contribution in [3.8, 4) is 11.4 Å². The zero-order valence-corrected chi connectivity index (χ0v) is 17.2. The van der Waals surface area contributed by atoms with Crippen LogP contribution in [0.4, 0.5) is 0 Å². The SMILES string of the molecule is C=Cc1ccn2c(COC)c(-c3cc4ccc(CC)cc4n3CC3CC3)nc2c1. The number of fused-ring (bicyclic) bond motifs is 2. The standard InChI is InChI=1S/C25H27N3O/c1-4-17-8-9-20-14-22(28(21(20)12-17)15-19-6-7-19)25-23(16-29-3)27-11-10-18(5-2)13-24(27)26-25/h5,8-14,19H,2,4,6-7,15-16H2,1,3H3. The predicted octanol–water partition coefficient (Wildman–Crippen LogP) is 5.72. The van der Waals surface area contributed by atoms with Gasteiger partial charge in [-0.15, -0.1) is 0 Å². The van der Waals surface area contributed by atoms with E-state index in [-0.39, 0.29) is 0 Å². The highest BCUT2D eigenvalue weighted by Crippen LogP contribution is 2.37. The van der Waals surface area contributed by atoms with E-state index in [2.05, 4.69) is 65.1 Å². The first-order valence-corrected chi connectivity index (χ1v) is 10.5. The number of aromatic nitrogens is 3. The van der Waals surface area contributed by atoms with Gasteiger partial charge in [0, 0.05) is 30.8 Å². The van der Waals surface area contributed by atoms with Crippen LogP contribution in [0.2, 0.25) is 0 Å². The Morgan fingerprint density at radius 3 is 2.79 bits per heavy atom. The first-order valence-electron chi connectivity index (χ1n) is 10.5. The molecule has 0 bridgehead atoms. The normalized spacial score (nSPS) is 14.1. The van der Waals surface area contributed by atoms with Gasteiger partial charge in [-0.05, 0) is 60.6 Å². The molecule has 0 atom stereocenters. The van der Waals surface area contributed by atoms with Crippen molar-refractivity contribution >= 4 is 22.6 Å². The number of pyridine rings is 1. The van der Waals surface area contributed by atoms with E-state index < -0.39 is 0 Å². The molecule has 4 aromatic rings. The summed E-state index contributed by atoms with van der Waals surface area (Å²) >= 11 is 0. The van der Waals surface area contributed by atoms with Gasteiger partial charge in [-0.2, -0.15) is 0 Å². The molecule has 4 heteroatoms. The van der Waals surface area contributed by atoms with Crippen LogP contribution in [0.1, 0.15) is 36.6 Å². The van der Waals surface area contributed by atoms with E-state index in [1.807, 2.05) is 6.08 Å². The molecule has 5 rings (SSSR count). The van der Waals surface area contributed by atoms with Crippen molar-refractivity contribution in [2.24, 2.45) is 5.92 Å². The minimum atomic E-state index is 0.523. The lowest BCUT2D eigenvalue weighted by Gasteiger charge is -2.11. The van der Waals surface area contributed by atoms with Crippen LogP contribution in [0.25, 0.3) is 34.0 Å². The Morgan fingerprint density at radius 2 is 2.07 bits per heavy atom. The van der Waals surface area contributed by atoms with Crippen LogP contribution in [-0.2, 0) is 24.3 Å². The third-order valence-electron chi connectivity index (χ3n) is 6.02. The molecule has 0 saturated heterocycles. The molecule has 0 aliphatic heterocycles. The molecule has 1 aliphatic carbocycles. The van der Waals surface area contributed by atoms with Crippen LogP contribution in [0.15, 0.2) is 49.2 Å². The van der Waals surface area contributed by atoms with Gasteiger partial charge in [-0.1, -0.05) is 31.7 Å². The summed E-state index contributed by atoms with van der Waals surface area (Å²) in [4.78, 5) is 5.05. The zero-order valence-electron chi connectivity index (χ0n) is 17.2. The summed E-state index contributed by atoms with van der Waals surface area (Å²) in [6.45, 7) is 7.69. The fourth-order valence-electron chi connectivity index (χ4n) is 4.19. The molecule has 1 aromatic carbocycles. The van der Waals surface area contributed by atoms with Crippen LogP contribution in [-0.4, -0.2) is 21.1 Å². The molecule has 1 aliphatic rings. The van der Waals surface area contributed by atoms with Crippen LogP contribution in [0.5, 0.6) is 0 Å². The number of methoxy groups -OCH3 is 1. The monoisotopic (exact) mass is 385 g/mol. The molecular formula is C25H27N3O. The number of benzene rings is 1. The molecule has 3 aromatic heterocycles. The maximum absolute atomic E-state index is 5.57. The number of ether oxygens (including phenoxy) is 1. The molecular weight excluding hydrogens is 358 g/mol. The van der Waals surface area contributed by atoms with Gasteiger partial charge in [-0.25, -0.2) is 4.98 Å². The highest BCUT2D eigenvalue weighted by atomic mass is 16.5. The molecule has 0 unspecified atom stereocenters. The number of rotatable bonds is 7. The van der Waals surface area contributed by atoms with E-state index in [9.17, 15) is 0 Å². The molecule has 0 spiro atoms. The average Bonchev–Trinajstić information content (AvgIpc) is 3.41. The van der Waals surface area contributed by atoms with Crippen LogP contribution >= 0.6 is 0 Å². The van der Waals surface area contributed by atoms with E-state index >= 15 is 0 Å². The largest absolute Gasteiger partial charge is 0.378 e. The molecule has 4 nitrogen and oxygen atoms in total. The van der Waals surface area contributed by atoms with E-state index in [0.717, 1.165) is 41.5 Å². The van der Waals surface area contributed by atoms with E-state index in [1.165, 1.54) is 35.0 Å². The molecule has 148 valence electrons. The molecule has 1 saturated carbocycles. The van der Waals surface area contributed by atoms with E-state index in [4.69, 9.17) is 9.72 Å². The third kappa shape index (κ3) is 3.18. The first kappa shape index (κ1) is 18.2. The van der Waals surface area contributed by atoms with Gasteiger partial charge in [0.2, 0.25) is 0 Å². The minimum Gasteiger partial charge on any atom is -0.378 e. The minimum absolute atomic E-state index is 0.523. The zero-order chi connectivity index (χ0) is 20.0. The Balaban J connectivity index is 1.76. The van der Waals surface area contributed by atoms with Crippen molar-refractivity contribution in [3.63, 3.8) is 0 Å². The van der Waals surface area contributed by atoms with Gasteiger partial charge in [0.05, 0.1) is 18.0 Å². The van der Waals surface area contributed by atoms with Gasteiger partial charge >= 0.3 is 0 Å². The van der Waals surface area contributed by atoms with Crippen molar-refractivity contribution in [3.05, 3.63) is 66.0 Å². The summed E-state index contributed by atoms with van der Waals surface area (Å²) in [5, 5.41) is 1.28. The average molecular weight is 386 g/mol. The van der Waals surface area contributed by atoms with Crippen molar-refractivity contribution in [1.82, 2.24) is 14.0 Å². The smallest absolute Gasteiger partial charge is 0.138 e. The Hall–Kier alpha value is -2.85. The lowest BCUT2D eigenvalue weighted by molar-refractivity contribution is 0.181. The molecule has 3 heterocycles. The summed E-state index contributed by atoms with van der Waals surface area (Å²) in [6, 6.07) is 13.3. The van der Waals surface area contributed by atoms with Crippen molar-refractivity contribution in [2.75, 3.05) is 7.11 Å². The quantitative estimate of drug-likeness (QED) is 0.407. The van der Waals surface area contributed by atoms with Crippen LogP contribution in [0.3, 0.4) is 0 Å². The summed E-state index contributed by atoms with van der Waals surface area (Å²) in [5.41, 5.74) is 8.00. The number of aryl methyl sites for hydroxylation is 1. The number of imidazole rings is 1. The summed E-state index contributed by atoms with van der Waals surface area (Å²) < 4.78 is 10.2. The third-order valence-corrected chi connectivity index (χ3v) is 6.02. The second-order valence-electron chi connectivity index (χ2n) is 8.06. The Morgan fingerprint density at radius 1 is 1.21 bits per heavy atom. The molecule has 0 radical (unpaired) electrons. The van der Waals surface area contributed by atoms with Crippen molar-refractivity contribution < 1.29 is 4.74 Å². The highest BCUT2D eigenvalue weighted by Gasteiger charge is 2.26. The lowest BCUT2D eigenvalue weighted by Crippen LogP contribution is -2.04. The fraction of sp³-hybridized carbons (Fsp3) is 0.320. The van der Waals surface area contributed by atoms with Gasteiger partial charge in [0.15, 0.2) is 0 Å². The number of hydrogen-bond donors (Lipinski definition) is 0. The second-order valence-corrected chi connectivity index (χ2v) is 8.06. The van der Waals surface area contributed by atoms with Gasteiger partial charge in [0.25, 0.3) is 0 Å². The first-order chi connectivity index (χ1) is 14.2. The van der Waals surface area contributed by atoms with Gasteiger partial charge in [-0.3, -0.25) is 0 Å². The topological polar surface area (TPSA) is 31.5 Å². The highest BCUT2D eigenvalue weighted by molar-refractivity contribution is 5.88. The maximum atomic E-state index is 5.57. The van der Waals surface area contributed by atoms with Crippen molar-refractivity contribution in [1.29, 1.82) is 0 Å². The van der Waals surface area contributed by atoms with E-state index in [0.29, 0.717) is 6.61 Å².